The van der Waals surface area contributed by atoms with Crippen molar-refractivity contribution in [2.45, 2.75) is 43.4 Å². The molecule has 0 saturated carbocycles. The summed E-state index contributed by atoms with van der Waals surface area (Å²) in [5.41, 5.74) is 6.25. The molecular formula is C15H23N6O10P. The van der Waals surface area contributed by atoms with Gasteiger partial charge in [-0.15, -0.1) is 0 Å². The minimum Gasteiger partial charge on any atom is -0.480 e. The van der Waals surface area contributed by atoms with E-state index >= 15 is 0 Å². The zero-order chi connectivity index (χ0) is 23.6. The van der Waals surface area contributed by atoms with E-state index in [4.69, 9.17) is 30.6 Å². The van der Waals surface area contributed by atoms with Gasteiger partial charge in [0.25, 0.3) is 0 Å². The van der Waals surface area contributed by atoms with Crippen molar-refractivity contribution in [1.82, 2.24) is 24.6 Å². The molecule has 0 aliphatic carbocycles. The van der Waals surface area contributed by atoms with Gasteiger partial charge in [-0.05, 0) is 12.8 Å². The Balaban J connectivity index is 0.000000269. The van der Waals surface area contributed by atoms with Crippen LogP contribution in [-0.2, 0) is 18.6 Å². The lowest BCUT2D eigenvalue weighted by molar-refractivity contribution is -0.160. The average molecular weight is 478 g/mol. The van der Waals surface area contributed by atoms with Crippen LogP contribution in [0.4, 0.5) is 5.82 Å². The van der Waals surface area contributed by atoms with Crippen LogP contribution >= 0.6 is 7.82 Å². The number of hydroxylamine groups is 2. The van der Waals surface area contributed by atoms with Gasteiger partial charge in [0.15, 0.2) is 17.7 Å². The van der Waals surface area contributed by atoms with E-state index in [0.717, 1.165) is 11.5 Å². The molecule has 2 aliphatic rings. The Morgan fingerprint density at radius 1 is 1.28 bits per heavy atom. The Bertz CT molecular complexity index is 1000. The van der Waals surface area contributed by atoms with E-state index in [2.05, 4.69) is 19.5 Å². The molecule has 4 heterocycles. The van der Waals surface area contributed by atoms with Crippen molar-refractivity contribution in [3.63, 3.8) is 0 Å². The number of hydrogen-bond acceptors (Lipinski definition) is 12. The Hall–Kier alpha value is -2.27. The van der Waals surface area contributed by atoms with Crippen molar-refractivity contribution in [2.75, 3.05) is 18.9 Å². The quantitative estimate of drug-likeness (QED) is 0.231. The summed E-state index contributed by atoms with van der Waals surface area (Å²) in [6.45, 7) is -0.111. The predicted octanol–water partition coefficient (Wildman–Crippen LogP) is -1.94. The Morgan fingerprint density at radius 2 is 2.00 bits per heavy atom. The third-order valence-corrected chi connectivity index (χ3v) is 5.40. The van der Waals surface area contributed by atoms with E-state index in [1.165, 1.54) is 17.2 Å². The largest absolute Gasteiger partial charge is 0.480 e. The van der Waals surface area contributed by atoms with Crippen molar-refractivity contribution in [1.29, 1.82) is 0 Å². The first kappa shape index (κ1) is 24.4. The highest BCUT2D eigenvalue weighted by molar-refractivity contribution is 7.46. The monoisotopic (exact) mass is 478 g/mol. The Kier molecular flexibility index (Phi) is 7.39. The normalized spacial score (nSPS) is 28.6. The number of carbonyl (C=O) groups is 1. The van der Waals surface area contributed by atoms with Crippen molar-refractivity contribution < 1.29 is 48.9 Å². The van der Waals surface area contributed by atoms with Gasteiger partial charge in [0.05, 0.1) is 12.9 Å². The number of phosphoric ester groups is 1. The molecule has 4 rings (SSSR count). The minimum absolute atomic E-state index is 0.142. The maximum atomic E-state index is 10.7. The fourth-order valence-corrected chi connectivity index (χ4v) is 3.67. The Labute approximate surface area is 180 Å². The van der Waals surface area contributed by atoms with Crippen molar-refractivity contribution in [2.24, 2.45) is 0 Å². The number of hydrogen-bond donors (Lipinski definition) is 7. The second-order valence-corrected chi connectivity index (χ2v) is 8.31. The molecule has 8 N–H and O–H groups in total. The van der Waals surface area contributed by atoms with E-state index < -0.39 is 51.0 Å². The molecule has 2 aromatic rings. The van der Waals surface area contributed by atoms with Crippen LogP contribution in [0.3, 0.4) is 0 Å². The number of nitrogens with zero attached hydrogens (tertiary/aromatic N) is 5. The fraction of sp³-hybridized carbons (Fsp3) is 0.600. The molecule has 1 unspecified atom stereocenters. The smallest absolute Gasteiger partial charge is 0.469 e. The van der Waals surface area contributed by atoms with Gasteiger partial charge in [-0.2, -0.15) is 5.06 Å². The van der Waals surface area contributed by atoms with Crippen LogP contribution in [0.1, 0.15) is 19.1 Å². The summed E-state index contributed by atoms with van der Waals surface area (Å²) in [7, 11) is -4.72. The number of nitrogens with two attached hydrogens (primary N) is 1. The first-order valence-corrected chi connectivity index (χ1v) is 10.9. The minimum atomic E-state index is -4.72. The summed E-state index contributed by atoms with van der Waals surface area (Å²) in [6.07, 6.45) is -1.16. The number of aliphatic hydroxyl groups excluding tert-OH is 2. The van der Waals surface area contributed by atoms with E-state index in [9.17, 15) is 19.6 Å². The summed E-state index contributed by atoms with van der Waals surface area (Å²) in [6, 6.07) is -0.662. The van der Waals surface area contributed by atoms with Crippen LogP contribution in [0.2, 0.25) is 0 Å². The second-order valence-electron chi connectivity index (χ2n) is 7.07. The molecule has 16 nitrogen and oxygen atoms in total. The highest BCUT2D eigenvalue weighted by Gasteiger charge is 2.45. The molecule has 2 fully saturated rings. The van der Waals surface area contributed by atoms with E-state index in [-0.39, 0.29) is 11.5 Å². The lowest BCUT2D eigenvalue weighted by Gasteiger charge is -2.16. The van der Waals surface area contributed by atoms with Gasteiger partial charge in [0, 0.05) is 6.54 Å². The number of carboxylic acids is 1. The lowest BCUT2D eigenvalue weighted by atomic mass is 10.1. The summed E-state index contributed by atoms with van der Waals surface area (Å²) in [5.74, 6) is -0.793. The third-order valence-electron chi connectivity index (χ3n) is 4.92. The van der Waals surface area contributed by atoms with Crippen molar-refractivity contribution >= 4 is 30.8 Å². The van der Waals surface area contributed by atoms with Crippen LogP contribution in [0.25, 0.3) is 11.2 Å². The van der Waals surface area contributed by atoms with Crippen LogP contribution in [-0.4, -0.2) is 98.4 Å². The second kappa shape index (κ2) is 9.70. The van der Waals surface area contributed by atoms with Gasteiger partial charge in [-0.25, -0.2) is 19.5 Å². The van der Waals surface area contributed by atoms with Gasteiger partial charge >= 0.3 is 13.8 Å². The molecule has 17 heteroatoms. The van der Waals surface area contributed by atoms with Gasteiger partial charge in [0.1, 0.15) is 36.2 Å². The number of carboxylic acid groups (broad SMARTS) is 1. The molecule has 0 spiro atoms. The van der Waals surface area contributed by atoms with Gasteiger partial charge in [0.2, 0.25) is 0 Å². The van der Waals surface area contributed by atoms with Gasteiger partial charge in [-0.3, -0.25) is 13.9 Å². The van der Waals surface area contributed by atoms with Crippen LogP contribution in [0.15, 0.2) is 12.7 Å². The number of imidazole rings is 1. The van der Waals surface area contributed by atoms with Crippen LogP contribution in [0.5, 0.6) is 0 Å². The summed E-state index contributed by atoms with van der Waals surface area (Å²) in [4.78, 5) is 39.4. The van der Waals surface area contributed by atoms with E-state index in [1.807, 2.05) is 0 Å². The highest BCUT2D eigenvalue weighted by atomic mass is 31.2. The average Bonchev–Trinajstić information content (AvgIpc) is 3.40. The number of ether oxygens (including phenoxy) is 1. The number of aliphatic hydroxyl groups is 2. The van der Waals surface area contributed by atoms with E-state index in [0.29, 0.717) is 18.5 Å². The molecular weight excluding hydrogens is 455 g/mol. The molecule has 0 amide bonds. The first-order valence-electron chi connectivity index (χ1n) is 9.32. The molecule has 0 bridgehead atoms. The van der Waals surface area contributed by atoms with Gasteiger partial charge < -0.3 is 40.8 Å². The highest BCUT2D eigenvalue weighted by Crippen LogP contribution is 2.38. The topological polar surface area (TPSA) is 247 Å². The number of nitrogen functional groups attached to an aromatic ring is 1. The molecule has 5 atom stereocenters. The zero-order valence-electron chi connectivity index (χ0n) is 16.4. The fourth-order valence-electron chi connectivity index (χ4n) is 3.33. The maximum absolute atomic E-state index is 10.7. The molecule has 178 valence electrons. The molecule has 32 heavy (non-hydrogen) atoms. The molecule has 2 saturated heterocycles. The molecule has 0 aromatic carbocycles. The first-order chi connectivity index (χ1) is 15.0. The number of fused-ring (bicyclic) bond motifs is 1. The number of aromatic nitrogens is 4. The summed E-state index contributed by atoms with van der Waals surface area (Å²) >= 11 is 0. The van der Waals surface area contributed by atoms with Crippen molar-refractivity contribution in [3.8, 4) is 0 Å². The third kappa shape index (κ3) is 5.37. The lowest BCUT2D eigenvalue weighted by Crippen LogP contribution is -2.33. The Morgan fingerprint density at radius 3 is 2.56 bits per heavy atom. The number of anilines is 1. The van der Waals surface area contributed by atoms with Gasteiger partial charge in [-0.1, -0.05) is 0 Å². The summed E-state index contributed by atoms with van der Waals surface area (Å²) < 4.78 is 21.8. The zero-order valence-corrected chi connectivity index (χ0v) is 17.3. The SMILES string of the molecule is Nc1ncnc2c1ncn2[C@@H]1O[C@H](COP(=O)(O)O)[C@@H](O)[C@H]1O.O=C(O)C1CCCN1O. The van der Waals surface area contributed by atoms with Crippen LogP contribution < -0.4 is 5.73 Å². The molecule has 2 aliphatic heterocycles. The standard InChI is InChI=1S/C10H14N5O7P.C5H9NO3/c11-8-5-9(13-2-12-8)15(3-14-5)10-7(17)6(16)4(22-10)1-21-23(18,19)20;7-5(8)4-2-1-3-6(4)9/h2-4,6-7,10,16-17H,1H2,(H2,11,12,13)(H2,18,19,20);4,9H,1-3H2,(H,7,8)/t4-,6-,7-,10-;/m1./s1. The maximum Gasteiger partial charge on any atom is 0.469 e. The molecule has 2 aromatic heterocycles. The van der Waals surface area contributed by atoms with E-state index in [1.54, 1.807) is 0 Å². The summed E-state index contributed by atoms with van der Waals surface area (Å²) in [5, 5.41) is 38.1. The van der Waals surface area contributed by atoms with Crippen molar-refractivity contribution in [3.05, 3.63) is 12.7 Å². The molecule has 0 radical (unpaired) electrons. The van der Waals surface area contributed by atoms with Crippen LogP contribution in [0, 0.1) is 0 Å². The predicted molar refractivity (Wildman–Crippen MR) is 103 cm³/mol. The number of aliphatic carboxylic acids is 1. The number of phosphoric acid groups is 1. The number of rotatable bonds is 5.